The summed E-state index contributed by atoms with van der Waals surface area (Å²) in [4.78, 5) is 16.9. The minimum atomic E-state index is -0.261. The van der Waals surface area contributed by atoms with Crippen molar-refractivity contribution in [1.29, 1.82) is 0 Å². The number of ether oxygens (including phenoxy) is 1. The molecule has 2 aromatic rings. The van der Waals surface area contributed by atoms with E-state index in [1.54, 1.807) is 12.1 Å². The first-order valence-electron chi connectivity index (χ1n) is 10.5. The molecule has 0 N–H and O–H groups in total. The van der Waals surface area contributed by atoms with Gasteiger partial charge in [0, 0.05) is 13.1 Å². The van der Waals surface area contributed by atoms with E-state index in [9.17, 15) is 9.18 Å². The fourth-order valence-electron chi connectivity index (χ4n) is 4.13. The average Bonchev–Trinajstić information content (AvgIpc) is 2.98. The van der Waals surface area contributed by atoms with E-state index in [2.05, 4.69) is 45.2 Å². The summed E-state index contributed by atoms with van der Waals surface area (Å²) < 4.78 is 21.0. The molecule has 2 aromatic carbocycles. The molecule has 2 aliphatic rings. The number of thiocarbonyl (C=S) groups is 1. The summed E-state index contributed by atoms with van der Waals surface area (Å²) in [6.45, 7) is 0.360. The molecule has 1 saturated carbocycles. The second kappa shape index (κ2) is 10.3. The summed E-state index contributed by atoms with van der Waals surface area (Å²) in [5.74, 6) is 0.512. The van der Waals surface area contributed by atoms with Crippen LogP contribution < -0.4 is 4.74 Å². The first-order valence-corrected chi connectivity index (χ1v) is 13.1. The summed E-state index contributed by atoms with van der Waals surface area (Å²) in [5.41, 5.74) is 2.43. The Morgan fingerprint density at radius 2 is 1.75 bits per heavy atom. The van der Waals surface area contributed by atoms with Crippen LogP contribution >= 0.6 is 57.4 Å². The first-order chi connectivity index (χ1) is 15.3. The van der Waals surface area contributed by atoms with E-state index in [0.29, 0.717) is 17.4 Å². The molecule has 0 aromatic heterocycles. The van der Waals surface area contributed by atoms with Gasteiger partial charge in [-0.3, -0.25) is 9.69 Å². The molecule has 1 aliphatic heterocycles. The quantitative estimate of drug-likeness (QED) is 0.210. The van der Waals surface area contributed by atoms with E-state index < -0.39 is 0 Å². The minimum Gasteiger partial charge on any atom is -0.487 e. The Labute approximate surface area is 220 Å². The van der Waals surface area contributed by atoms with Crippen LogP contribution in [0.3, 0.4) is 0 Å². The highest BCUT2D eigenvalue weighted by Crippen LogP contribution is 2.33. The van der Waals surface area contributed by atoms with Gasteiger partial charge in [-0.2, -0.15) is 0 Å². The number of carbonyl (C=O) groups is 1. The van der Waals surface area contributed by atoms with Crippen molar-refractivity contribution in [3.8, 4) is 5.75 Å². The third-order valence-electron chi connectivity index (χ3n) is 5.85. The Morgan fingerprint density at radius 1 is 1.12 bits per heavy atom. The van der Waals surface area contributed by atoms with E-state index in [1.165, 1.54) is 18.6 Å². The van der Waals surface area contributed by atoms with Crippen LogP contribution in [0.5, 0.6) is 5.75 Å². The molecule has 0 bridgehead atoms. The van der Waals surface area contributed by atoms with E-state index in [0.717, 1.165) is 49.7 Å². The standard InChI is InChI=1S/C24H23FI2N2O2S/c1-28-21(23(30)29(24(28)32)18-5-3-2-4-6-18)13-16-11-19(26)22(20(27)12-16)31-14-15-7-9-17(25)10-8-15/h7-13,18H,2-6,14H2,1H3/b21-13-. The van der Waals surface area contributed by atoms with Gasteiger partial charge in [0.05, 0.1) is 7.14 Å². The van der Waals surface area contributed by atoms with Gasteiger partial charge in [-0.05, 0) is 112 Å². The predicted molar refractivity (Wildman–Crippen MR) is 145 cm³/mol. The highest BCUT2D eigenvalue weighted by molar-refractivity contribution is 14.1. The van der Waals surface area contributed by atoms with Gasteiger partial charge in [-0.25, -0.2) is 4.39 Å². The molecule has 2 fully saturated rings. The van der Waals surface area contributed by atoms with Crippen LogP contribution in [0.1, 0.15) is 43.2 Å². The number of amides is 1. The zero-order valence-electron chi connectivity index (χ0n) is 17.6. The average molecular weight is 676 g/mol. The fraction of sp³-hybridized carbons (Fsp3) is 0.333. The van der Waals surface area contributed by atoms with Crippen LogP contribution in [0.2, 0.25) is 0 Å². The zero-order chi connectivity index (χ0) is 22.8. The summed E-state index contributed by atoms with van der Waals surface area (Å²) in [5, 5.41) is 0.594. The molecule has 1 amide bonds. The molecule has 32 heavy (non-hydrogen) atoms. The summed E-state index contributed by atoms with van der Waals surface area (Å²) in [6.07, 6.45) is 7.47. The Morgan fingerprint density at radius 3 is 2.38 bits per heavy atom. The molecule has 1 heterocycles. The lowest BCUT2D eigenvalue weighted by Gasteiger charge is -2.30. The molecular formula is C24H23FI2N2O2S. The number of rotatable bonds is 5. The van der Waals surface area contributed by atoms with Gasteiger partial charge in [0.2, 0.25) is 0 Å². The Hall–Kier alpha value is -1.27. The molecule has 168 valence electrons. The maximum Gasteiger partial charge on any atom is 0.277 e. The van der Waals surface area contributed by atoms with E-state index >= 15 is 0 Å². The SMILES string of the molecule is CN1C(=S)N(C2CCCCC2)C(=O)/C1=C/c1cc(I)c(OCc2ccc(F)cc2)c(I)c1. The van der Waals surface area contributed by atoms with Crippen molar-refractivity contribution in [3.63, 3.8) is 0 Å². The number of nitrogens with zero attached hydrogens (tertiary/aromatic N) is 2. The molecule has 1 aliphatic carbocycles. The van der Waals surface area contributed by atoms with Gasteiger partial charge < -0.3 is 9.64 Å². The lowest BCUT2D eigenvalue weighted by Crippen LogP contribution is -2.41. The van der Waals surface area contributed by atoms with Crippen molar-refractivity contribution in [2.24, 2.45) is 0 Å². The van der Waals surface area contributed by atoms with Crippen molar-refractivity contribution >= 4 is 74.5 Å². The van der Waals surface area contributed by atoms with Gasteiger partial charge in [-0.15, -0.1) is 0 Å². The Kier molecular flexibility index (Phi) is 7.71. The predicted octanol–water partition coefficient (Wildman–Crippen LogP) is 6.35. The fourth-order valence-corrected chi connectivity index (χ4v) is 6.59. The smallest absolute Gasteiger partial charge is 0.277 e. The lowest BCUT2D eigenvalue weighted by atomic mass is 9.94. The van der Waals surface area contributed by atoms with Gasteiger partial charge in [0.25, 0.3) is 5.91 Å². The van der Waals surface area contributed by atoms with Crippen molar-refractivity contribution in [1.82, 2.24) is 9.80 Å². The molecular weight excluding hydrogens is 653 g/mol. The Bertz CT molecular complexity index is 1050. The van der Waals surface area contributed by atoms with Gasteiger partial charge in [0.15, 0.2) is 5.11 Å². The van der Waals surface area contributed by atoms with Crippen LogP contribution in [0, 0.1) is 13.0 Å². The molecule has 8 heteroatoms. The van der Waals surface area contributed by atoms with Crippen LogP contribution in [0.15, 0.2) is 42.1 Å². The number of benzene rings is 2. The van der Waals surface area contributed by atoms with Crippen LogP contribution in [0.25, 0.3) is 6.08 Å². The highest BCUT2D eigenvalue weighted by atomic mass is 127. The largest absolute Gasteiger partial charge is 0.487 e. The normalized spacial score (nSPS) is 18.7. The van der Waals surface area contributed by atoms with Gasteiger partial charge in [-0.1, -0.05) is 31.4 Å². The number of halogens is 3. The summed E-state index contributed by atoms with van der Waals surface area (Å²) in [7, 11) is 1.87. The second-order valence-corrected chi connectivity index (χ2v) is 10.8. The number of likely N-dealkylation sites (N-methyl/N-ethyl adjacent to an activating group) is 1. The monoisotopic (exact) mass is 676 g/mol. The topological polar surface area (TPSA) is 32.8 Å². The summed E-state index contributed by atoms with van der Waals surface area (Å²) >= 11 is 10.1. The lowest BCUT2D eigenvalue weighted by molar-refractivity contribution is -0.124. The van der Waals surface area contributed by atoms with Crippen LogP contribution in [-0.2, 0) is 11.4 Å². The van der Waals surface area contributed by atoms with Crippen molar-refractivity contribution in [3.05, 3.63) is 66.2 Å². The van der Waals surface area contributed by atoms with Gasteiger partial charge >= 0.3 is 0 Å². The van der Waals surface area contributed by atoms with Gasteiger partial charge in [0.1, 0.15) is 23.9 Å². The van der Waals surface area contributed by atoms with Crippen LogP contribution in [0.4, 0.5) is 4.39 Å². The first kappa shape index (κ1) is 23.9. The zero-order valence-corrected chi connectivity index (χ0v) is 22.7. The molecule has 4 nitrogen and oxygen atoms in total. The molecule has 0 atom stereocenters. The molecule has 1 saturated heterocycles. The van der Waals surface area contributed by atoms with E-state index in [-0.39, 0.29) is 17.8 Å². The number of hydrogen-bond donors (Lipinski definition) is 0. The van der Waals surface area contributed by atoms with E-state index in [1.807, 2.05) is 35.1 Å². The third kappa shape index (κ3) is 5.11. The maximum atomic E-state index is 13.2. The summed E-state index contributed by atoms with van der Waals surface area (Å²) in [6, 6.07) is 10.5. The molecule has 4 rings (SSSR count). The van der Waals surface area contributed by atoms with Crippen molar-refractivity contribution in [2.75, 3.05) is 7.05 Å². The maximum absolute atomic E-state index is 13.2. The van der Waals surface area contributed by atoms with Crippen molar-refractivity contribution in [2.45, 2.75) is 44.8 Å². The van der Waals surface area contributed by atoms with Crippen molar-refractivity contribution < 1.29 is 13.9 Å². The highest BCUT2D eigenvalue weighted by Gasteiger charge is 2.40. The number of hydrogen-bond acceptors (Lipinski definition) is 3. The number of carbonyl (C=O) groups excluding carboxylic acids is 1. The molecule has 0 unspecified atom stereocenters. The molecule has 0 radical (unpaired) electrons. The van der Waals surface area contributed by atoms with E-state index in [4.69, 9.17) is 17.0 Å². The molecule has 0 spiro atoms. The third-order valence-corrected chi connectivity index (χ3v) is 7.93. The Balaban J connectivity index is 1.54. The second-order valence-electron chi connectivity index (χ2n) is 8.07. The minimum absolute atomic E-state index is 0.00828. The van der Waals surface area contributed by atoms with Crippen LogP contribution in [-0.4, -0.2) is 33.9 Å².